The van der Waals surface area contributed by atoms with Crippen molar-refractivity contribution in [3.8, 4) is 11.5 Å². The van der Waals surface area contributed by atoms with E-state index in [2.05, 4.69) is 52.4 Å². The van der Waals surface area contributed by atoms with E-state index in [1.807, 2.05) is 31.2 Å². The average Bonchev–Trinajstić information content (AvgIpc) is 3.18. The van der Waals surface area contributed by atoms with Crippen LogP contribution >= 0.6 is 15.9 Å². The monoisotopic (exact) mass is 429 g/mol. The fourth-order valence-electron chi connectivity index (χ4n) is 2.67. The number of hydrogen-bond donors (Lipinski definition) is 1. The van der Waals surface area contributed by atoms with E-state index in [1.54, 1.807) is 6.26 Å². The van der Waals surface area contributed by atoms with E-state index in [0.717, 1.165) is 32.9 Å². The highest BCUT2D eigenvalue weighted by molar-refractivity contribution is 9.10. The molecule has 0 atom stereocenters. The number of aryl methyl sites for hydroxylation is 1. The summed E-state index contributed by atoms with van der Waals surface area (Å²) in [6, 6.07) is 16.2. The number of halogens is 1. The fourth-order valence-corrected chi connectivity index (χ4v) is 3.14. The summed E-state index contributed by atoms with van der Waals surface area (Å²) < 4.78 is 18.2. The van der Waals surface area contributed by atoms with Gasteiger partial charge in [0.05, 0.1) is 19.4 Å². The van der Waals surface area contributed by atoms with Gasteiger partial charge >= 0.3 is 0 Å². The third kappa shape index (κ3) is 5.62. The molecule has 4 nitrogen and oxygen atoms in total. The molecule has 3 aromatic rings. The average molecular weight is 430 g/mol. The first kappa shape index (κ1) is 19.5. The van der Waals surface area contributed by atoms with Gasteiger partial charge in [0.25, 0.3) is 0 Å². The van der Waals surface area contributed by atoms with Crippen LogP contribution in [0.25, 0.3) is 0 Å². The van der Waals surface area contributed by atoms with Gasteiger partial charge in [-0.15, -0.1) is 0 Å². The fraction of sp³-hybridized carbons (Fsp3) is 0.273. The highest BCUT2D eigenvalue weighted by Gasteiger charge is 2.11. The second-order valence-electron chi connectivity index (χ2n) is 6.28. The maximum Gasteiger partial charge on any atom is 0.162 e. The minimum atomic E-state index is 0.503. The van der Waals surface area contributed by atoms with E-state index in [0.29, 0.717) is 26.3 Å². The van der Waals surface area contributed by atoms with Gasteiger partial charge in [-0.1, -0.05) is 45.8 Å². The molecule has 1 aromatic heterocycles. The highest BCUT2D eigenvalue weighted by Crippen LogP contribution is 2.34. The molecule has 0 saturated heterocycles. The summed E-state index contributed by atoms with van der Waals surface area (Å²) in [7, 11) is 0. The lowest BCUT2D eigenvalue weighted by molar-refractivity contribution is 0.269. The highest BCUT2D eigenvalue weighted by atomic mass is 79.9. The van der Waals surface area contributed by atoms with Crippen molar-refractivity contribution in [3.05, 3.63) is 81.7 Å². The molecule has 0 amide bonds. The molecule has 5 heteroatoms. The predicted octanol–water partition coefficient (Wildman–Crippen LogP) is 5.62. The molecule has 142 valence electrons. The van der Waals surface area contributed by atoms with Crippen molar-refractivity contribution in [2.75, 3.05) is 6.61 Å². The van der Waals surface area contributed by atoms with Crippen LogP contribution in [0.15, 0.2) is 63.7 Å². The number of rotatable bonds is 9. The van der Waals surface area contributed by atoms with Crippen LogP contribution in [0.1, 0.15) is 29.4 Å². The van der Waals surface area contributed by atoms with E-state index in [4.69, 9.17) is 13.9 Å². The Morgan fingerprint density at radius 2 is 1.78 bits per heavy atom. The zero-order valence-corrected chi connectivity index (χ0v) is 17.2. The van der Waals surface area contributed by atoms with Crippen molar-refractivity contribution < 1.29 is 13.9 Å². The van der Waals surface area contributed by atoms with Crippen LogP contribution in [-0.2, 0) is 19.7 Å². The molecule has 0 unspecified atom stereocenters. The quantitative estimate of drug-likeness (QED) is 0.479. The Kier molecular flexibility index (Phi) is 6.96. The molecule has 0 spiro atoms. The van der Waals surface area contributed by atoms with Gasteiger partial charge in [0, 0.05) is 11.0 Å². The van der Waals surface area contributed by atoms with Gasteiger partial charge in [0.15, 0.2) is 11.5 Å². The minimum Gasteiger partial charge on any atom is -0.490 e. The summed E-state index contributed by atoms with van der Waals surface area (Å²) in [6.07, 6.45) is 1.68. The van der Waals surface area contributed by atoms with Crippen molar-refractivity contribution in [2.45, 2.75) is 33.5 Å². The maximum atomic E-state index is 6.02. The standard InChI is InChI=1S/C22H24BrNO3/c1-3-25-21-11-18(13-24-14-19-5-4-10-26-19)20(23)12-22(21)27-15-17-8-6-16(2)7-9-17/h4-12,24H,3,13-15H2,1-2H3. The molecule has 27 heavy (non-hydrogen) atoms. The lowest BCUT2D eigenvalue weighted by Crippen LogP contribution is -2.13. The first-order valence-electron chi connectivity index (χ1n) is 9.02. The maximum absolute atomic E-state index is 6.02. The summed E-state index contributed by atoms with van der Waals surface area (Å²) in [6.45, 7) is 6.51. The van der Waals surface area contributed by atoms with Gasteiger partial charge in [-0.05, 0) is 49.2 Å². The summed E-state index contributed by atoms with van der Waals surface area (Å²) in [5, 5.41) is 3.38. The van der Waals surface area contributed by atoms with Crippen molar-refractivity contribution in [1.82, 2.24) is 5.32 Å². The number of benzene rings is 2. The molecule has 0 radical (unpaired) electrons. The van der Waals surface area contributed by atoms with Crippen LogP contribution in [0, 0.1) is 6.92 Å². The second-order valence-corrected chi connectivity index (χ2v) is 7.13. The van der Waals surface area contributed by atoms with E-state index >= 15 is 0 Å². The van der Waals surface area contributed by atoms with E-state index in [-0.39, 0.29) is 0 Å². The van der Waals surface area contributed by atoms with Crippen molar-refractivity contribution in [3.63, 3.8) is 0 Å². The lowest BCUT2D eigenvalue weighted by atomic mass is 10.1. The molecule has 1 heterocycles. The van der Waals surface area contributed by atoms with Crippen molar-refractivity contribution in [1.29, 1.82) is 0 Å². The van der Waals surface area contributed by atoms with Gasteiger partial charge < -0.3 is 19.2 Å². The predicted molar refractivity (Wildman–Crippen MR) is 110 cm³/mol. The Labute approximate surface area is 168 Å². The molecule has 3 rings (SSSR count). The largest absolute Gasteiger partial charge is 0.490 e. The van der Waals surface area contributed by atoms with Gasteiger partial charge in [-0.3, -0.25) is 0 Å². The Morgan fingerprint density at radius 1 is 1.00 bits per heavy atom. The molecular weight excluding hydrogens is 406 g/mol. The SMILES string of the molecule is CCOc1cc(CNCc2ccco2)c(Br)cc1OCc1ccc(C)cc1. The summed E-state index contributed by atoms with van der Waals surface area (Å²) in [5.41, 5.74) is 3.47. The smallest absolute Gasteiger partial charge is 0.162 e. The van der Waals surface area contributed by atoms with Gasteiger partial charge in [-0.2, -0.15) is 0 Å². The lowest BCUT2D eigenvalue weighted by Gasteiger charge is -2.15. The van der Waals surface area contributed by atoms with Crippen LogP contribution in [0.5, 0.6) is 11.5 Å². The molecular formula is C22H24BrNO3. The van der Waals surface area contributed by atoms with Crippen LogP contribution < -0.4 is 14.8 Å². The molecule has 1 N–H and O–H groups in total. The number of furan rings is 1. The Balaban J connectivity index is 1.67. The molecule has 0 fully saturated rings. The third-order valence-corrected chi connectivity index (χ3v) is 4.86. The number of nitrogens with one attached hydrogen (secondary N) is 1. The number of ether oxygens (including phenoxy) is 2. The Bertz CT molecular complexity index is 845. The summed E-state index contributed by atoms with van der Waals surface area (Å²) in [5.74, 6) is 2.40. The Morgan fingerprint density at radius 3 is 2.48 bits per heavy atom. The normalized spacial score (nSPS) is 10.8. The van der Waals surface area contributed by atoms with Crippen LogP contribution in [0.4, 0.5) is 0 Å². The molecule has 0 aliphatic heterocycles. The first-order valence-corrected chi connectivity index (χ1v) is 9.81. The van der Waals surface area contributed by atoms with Gasteiger partial charge in [-0.25, -0.2) is 0 Å². The van der Waals surface area contributed by atoms with E-state index < -0.39 is 0 Å². The topological polar surface area (TPSA) is 43.6 Å². The van der Waals surface area contributed by atoms with Crippen molar-refractivity contribution in [2.24, 2.45) is 0 Å². The number of hydrogen-bond acceptors (Lipinski definition) is 4. The van der Waals surface area contributed by atoms with Gasteiger partial charge in [0.1, 0.15) is 12.4 Å². The van der Waals surface area contributed by atoms with Gasteiger partial charge in [0.2, 0.25) is 0 Å². The summed E-state index contributed by atoms with van der Waals surface area (Å²) in [4.78, 5) is 0. The molecule has 0 bridgehead atoms. The molecule has 0 aliphatic rings. The molecule has 2 aromatic carbocycles. The van der Waals surface area contributed by atoms with Crippen molar-refractivity contribution >= 4 is 15.9 Å². The Hall–Kier alpha value is -2.24. The molecule has 0 aliphatic carbocycles. The van der Waals surface area contributed by atoms with E-state index in [9.17, 15) is 0 Å². The zero-order valence-electron chi connectivity index (χ0n) is 15.6. The first-order chi connectivity index (χ1) is 13.2. The molecule has 0 saturated carbocycles. The van der Waals surface area contributed by atoms with Crippen LogP contribution in [0.3, 0.4) is 0 Å². The zero-order chi connectivity index (χ0) is 19.1. The van der Waals surface area contributed by atoms with Crippen LogP contribution in [0.2, 0.25) is 0 Å². The second kappa shape index (κ2) is 9.62. The summed E-state index contributed by atoms with van der Waals surface area (Å²) >= 11 is 3.65. The third-order valence-electron chi connectivity index (χ3n) is 4.12. The van der Waals surface area contributed by atoms with E-state index in [1.165, 1.54) is 5.56 Å². The van der Waals surface area contributed by atoms with Crippen LogP contribution in [-0.4, -0.2) is 6.61 Å². The minimum absolute atomic E-state index is 0.503.